The van der Waals surface area contributed by atoms with Gasteiger partial charge in [0.05, 0.1) is 12.1 Å². The molecule has 0 radical (unpaired) electrons. The van der Waals surface area contributed by atoms with Crippen LogP contribution in [0.4, 0.5) is 0 Å². The number of carbonyl (C=O) groups excluding carboxylic acids is 1. The standard InChI is InChI=1S/C17H15N3O2/c21-17(22-11-10-20-13-18-12-19-20)16-8-6-15(7-9-16)14-4-2-1-3-5-14/h1-9,12-13H,10-11H2. The predicted octanol–water partition coefficient (Wildman–Crippen LogP) is 2.80. The quantitative estimate of drug-likeness (QED) is 0.679. The first-order chi connectivity index (χ1) is 10.8. The normalized spacial score (nSPS) is 10.4. The molecule has 0 unspecified atom stereocenters. The van der Waals surface area contributed by atoms with Crippen LogP contribution in [0.15, 0.2) is 67.3 Å². The average Bonchev–Trinajstić information content (AvgIpc) is 3.09. The largest absolute Gasteiger partial charge is 0.460 e. The summed E-state index contributed by atoms with van der Waals surface area (Å²) in [5.74, 6) is -0.334. The van der Waals surface area contributed by atoms with Gasteiger partial charge in [-0.25, -0.2) is 14.5 Å². The summed E-state index contributed by atoms with van der Waals surface area (Å²) >= 11 is 0. The van der Waals surface area contributed by atoms with E-state index in [0.717, 1.165) is 11.1 Å². The zero-order chi connectivity index (χ0) is 15.2. The smallest absolute Gasteiger partial charge is 0.338 e. The van der Waals surface area contributed by atoms with Crippen LogP contribution in [0, 0.1) is 0 Å². The Morgan fingerprint density at radius 3 is 2.41 bits per heavy atom. The Labute approximate surface area is 128 Å². The maximum absolute atomic E-state index is 12.0. The van der Waals surface area contributed by atoms with Gasteiger partial charge < -0.3 is 4.74 Å². The zero-order valence-corrected chi connectivity index (χ0v) is 11.9. The predicted molar refractivity (Wildman–Crippen MR) is 82.2 cm³/mol. The molecule has 1 heterocycles. The molecule has 5 nitrogen and oxygen atoms in total. The molecule has 3 aromatic rings. The summed E-state index contributed by atoms with van der Waals surface area (Å²) < 4.78 is 6.84. The molecular weight excluding hydrogens is 278 g/mol. The average molecular weight is 293 g/mol. The lowest BCUT2D eigenvalue weighted by Gasteiger charge is -2.06. The van der Waals surface area contributed by atoms with Crippen molar-refractivity contribution < 1.29 is 9.53 Å². The third-order valence-electron chi connectivity index (χ3n) is 3.25. The number of rotatable bonds is 5. The second-order valence-corrected chi connectivity index (χ2v) is 4.74. The summed E-state index contributed by atoms with van der Waals surface area (Å²) in [5.41, 5.74) is 2.73. The van der Waals surface area contributed by atoms with Crippen LogP contribution in [0.2, 0.25) is 0 Å². The first-order valence-electron chi connectivity index (χ1n) is 6.98. The monoisotopic (exact) mass is 293 g/mol. The first kappa shape index (κ1) is 14.0. The fourth-order valence-electron chi connectivity index (χ4n) is 2.09. The summed E-state index contributed by atoms with van der Waals surface area (Å²) in [7, 11) is 0. The number of hydrogen-bond donors (Lipinski definition) is 0. The molecule has 0 fully saturated rings. The molecule has 0 bridgehead atoms. The van der Waals surface area contributed by atoms with E-state index in [0.29, 0.717) is 12.1 Å². The minimum absolute atomic E-state index is 0.266. The number of ether oxygens (including phenoxy) is 1. The van der Waals surface area contributed by atoms with E-state index in [1.807, 2.05) is 42.5 Å². The van der Waals surface area contributed by atoms with Gasteiger partial charge >= 0.3 is 5.97 Å². The molecule has 0 atom stereocenters. The molecule has 1 aromatic heterocycles. The molecule has 22 heavy (non-hydrogen) atoms. The van der Waals surface area contributed by atoms with Crippen molar-refractivity contribution in [3.05, 3.63) is 72.8 Å². The maximum atomic E-state index is 12.0. The molecule has 0 amide bonds. The summed E-state index contributed by atoms with van der Waals surface area (Å²) in [4.78, 5) is 15.8. The van der Waals surface area contributed by atoms with Gasteiger partial charge in [0.1, 0.15) is 19.3 Å². The fraction of sp³-hybridized carbons (Fsp3) is 0.118. The second-order valence-electron chi connectivity index (χ2n) is 4.74. The number of nitrogens with zero attached hydrogens (tertiary/aromatic N) is 3. The molecule has 2 aromatic carbocycles. The van der Waals surface area contributed by atoms with Gasteiger partial charge in [-0.05, 0) is 23.3 Å². The van der Waals surface area contributed by atoms with Gasteiger partial charge in [-0.15, -0.1) is 0 Å². The Hall–Kier alpha value is -2.95. The lowest BCUT2D eigenvalue weighted by Crippen LogP contribution is -2.11. The molecule has 0 aliphatic carbocycles. The summed E-state index contributed by atoms with van der Waals surface area (Å²) in [5, 5.41) is 3.95. The number of esters is 1. The number of hydrogen-bond acceptors (Lipinski definition) is 4. The van der Waals surface area contributed by atoms with E-state index in [1.165, 1.54) is 6.33 Å². The zero-order valence-electron chi connectivity index (χ0n) is 11.9. The maximum Gasteiger partial charge on any atom is 0.338 e. The number of benzene rings is 2. The van der Waals surface area contributed by atoms with Crippen molar-refractivity contribution in [1.82, 2.24) is 14.8 Å². The molecule has 0 aliphatic rings. The highest BCUT2D eigenvalue weighted by Crippen LogP contribution is 2.19. The van der Waals surface area contributed by atoms with Crippen LogP contribution in [-0.4, -0.2) is 27.3 Å². The highest BCUT2D eigenvalue weighted by atomic mass is 16.5. The van der Waals surface area contributed by atoms with E-state index in [1.54, 1.807) is 23.1 Å². The van der Waals surface area contributed by atoms with E-state index in [2.05, 4.69) is 10.1 Å². The van der Waals surface area contributed by atoms with Crippen molar-refractivity contribution in [2.75, 3.05) is 6.61 Å². The van der Waals surface area contributed by atoms with Gasteiger partial charge in [-0.1, -0.05) is 42.5 Å². The van der Waals surface area contributed by atoms with Gasteiger partial charge in [0.2, 0.25) is 0 Å². The molecule has 0 aliphatic heterocycles. The summed E-state index contributed by atoms with van der Waals surface area (Å²) in [6.07, 6.45) is 3.03. The van der Waals surface area contributed by atoms with Crippen LogP contribution in [0.3, 0.4) is 0 Å². The fourth-order valence-corrected chi connectivity index (χ4v) is 2.09. The Balaban J connectivity index is 1.59. The topological polar surface area (TPSA) is 57.0 Å². The van der Waals surface area contributed by atoms with Gasteiger partial charge in [0.15, 0.2) is 0 Å². The summed E-state index contributed by atoms with van der Waals surface area (Å²) in [6, 6.07) is 17.4. The van der Waals surface area contributed by atoms with Crippen molar-refractivity contribution in [3.63, 3.8) is 0 Å². The second kappa shape index (κ2) is 6.67. The molecule has 0 saturated carbocycles. The van der Waals surface area contributed by atoms with Crippen LogP contribution in [0.25, 0.3) is 11.1 Å². The van der Waals surface area contributed by atoms with Crippen LogP contribution >= 0.6 is 0 Å². The van der Waals surface area contributed by atoms with Crippen molar-refractivity contribution >= 4 is 5.97 Å². The van der Waals surface area contributed by atoms with Gasteiger partial charge in [0, 0.05) is 0 Å². The Bertz CT molecular complexity index is 722. The van der Waals surface area contributed by atoms with E-state index in [9.17, 15) is 4.79 Å². The molecule has 110 valence electrons. The Morgan fingerprint density at radius 2 is 1.73 bits per heavy atom. The third-order valence-corrected chi connectivity index (χ3v) is 3.25. The highest BCUT2D eigenvalue weighted by molar-refractivity contribution is 5.90. The van der Waals surface area contributed by atoms with Crippen molar-refractivity contribution in [2.45, 2.75) is 6.54 Å². The van der Waals surface area contributed by atoms with Crippen molar-refractivity contribution in [3.8, 4) is 11.1 Å². The van der Waals surface area contributed by atoms with Gasteiger partial charge in [0.25, 0.3) is 0 Å². The van der Waals surface area contributed by atoms with E-state index >= 15 is 0 Å². The number of aromatic nitrogens is 3. The summed E-state index contributed by atoms with van der Waals surface area (Å²) in [6.45, 7) is 0.760. The van der Waals surface area contributed by atoms with E-state index in [4.69, 9.17) is 4.74 Å². The van der Waals surface area contributed by atoms with Crippen molar-refractivity contribution in [2.24, 2.45) is 0 Å². The number of carbonyl (C=O) groups is 1. The SMILES string of the molecule is O=C(OCCn1cncn1)c1ccc(-c2ccccc2)cc1. The van der Waals surface area contributed by atoms with E-state index in [-0.39, 0.29) is 12.6 Å². The molecule has 5 heteroatoms. The van der Waals surface area contributed by atoms with Crippen LogP contribution < -0.4 is 0 Å². The lowest BCUT2D eigenvalue weighted by molar-refractivity contribution is 0.0487. The third kappa shape index (κ3) is 3.38. The molecule has 0 spiro atoms. The van der Waals surface area contributed by atoms with Crippen LogP contribution in [0.5, 0.6) is 0 Å². The Kier molecular flexibility index (Phi) is 4.25. The molecular formula is C17H15N3O2. The van der Waals surface area contributed by atoms with Crippen molar-refractivity contribution in [1.29, 1.82) is 0 Å². The molecule has 0 N–H and O–H groups in total. The van der Waals surface area contributed by atoms with Gasteiger partial charge in [-0.2, -0.15) is 5.10 Å². The molecule has 3 rings (SSSR count). The lowest BCUT2D eigenvalue weighted by atomic mass is 10.0. The van der Waals surface area contributed by atoms with Gasteiger partial charge in [-0.3, -0.25) is 0 Å². The molecule has 0 saturated heterocycles. The Morgan fingerprint density at radius 1 is 1.00 bits per heavy atom. The van der Waals surface area contributed by atoms with E-state index < -0.39 is 0 Å². The van der Waals surface area contributed by atoms with Crippen LogP contribution in [-0.2, 0) is 11.3 Å². The van der Waals surface area contributed by atoms with Crippen LogP contribution in [0.1, 0.15) is 10.4 Å². The first-order valence-corrected chi connectivity index (χ1v) is 6.98. The minimum atomic E-state index is -0.334. The minimum Gasteiger partial charge on any atom is -0.460 e. The highest BCUT2D eigenvalue weighted by Gasteiger charge is 2.07.